The molecule has 0 unspecified atom stereocenters. The lowest BCUT2D eigenvalue weighted by atomic mass is 9.93. The van der Waals surface area contributed by atoms with Crippen molar-refractivity contribution in [1.29, 1.82) is 0 Å². The molecular weight excluding hydrogens is 302 g/mol. The third-order valence-corrected chi connectivity index (χ3v) is 5.31. The van der Waals surface area contributed by atoms with E-state index in [-0.39, 0.29) is 18.0 Å². The van der Waals surface area contributed by atoms with Crippen LogP contribution in [0.3, 0.4) is 0 Å². The minimum absolute atomic E-state index is 0.0224. The Labute approximate surface area is 143 Å². The lowest BCUT2D eigenvalue weighted by Gasteiger charge is -2.33. The van der Waals surface area contributed by atoms with Crippen molar-refractivity contribution in [2.75, 3.05) is 13.1 Å². The molecule has 0 saturated carbocycles. The van der Waals surface area contributed by atoms with E-state index in [9.17, 15) is 9.59 Å². The zero-order valence-electron chi connectivity index (χ0n) is 14.2. The molecule has 5 nitrogen and oxygen atoms in total. The Morgan fingerprint density at radius 1 is 1.12 bits per heavy atom. The summed E-state index contributed by atoms with van der Waals surface area (Å²) in [5.41, 5.74) is 7.90. The summed E-state index contributed by atoms with van der Waals surface area (Å²) >= 11 is 0. The number of carbonyl (C=O) groups excluding carboxylic acids is 2. The summed E-state index contributed by atoms with van der Waals surface area (Å²) in [5, 5.41) is 3.24. The second kappa shape index (κ2) is 7.69. The van der Waals surface area contributed by atoms with Gasteiger partial charge in [-0.1, -0.05) is 30.7 Å². The molecule has 0 spiro atoms. The van der Waals surface area contributed by atoms with Crippen LogP contribution < -0.4 is 11.1 Å². The average molecular weight is 329 g/mol. The summed E-state index contributed by atoms with van der Waals surface area (Å²) in [6.07, 6.45) is 6.57. The van der Waals surface area contributed by atoms with Crippen LogP contribution in [0.5, 0.6) is 0 Å². The van der Waals surface area contributed by atoms with Crippen LogP contribution in [0.4, 0.5) is 4.79 Å². The molecule has 130 valence electrons. The largest absolute Gasteiger partial charge is 0.370 e. The predicted octanol–water partition coefficient (Wildman–Crippen LogP) is 2.75. The van der Waals surface area contributed by atoms with Crippen molar-refractivity contribution in [2.24, 2.45) is 11.7 Å². The van der Waals surface area contributed by atoms with Gasteiger partial charge in [-0.25, -0.2) is 4.79 Å². The molecule has 3 N–H and O–H groups in total. The number of urea groups is 1. The Bertz CT molecular complexity index is 594. The molecule has 0 aromatic heterocycles. The smallest absolute Gasteiger partial charge is 0.317 e. The summed E-state index contributed by atoms with van der Waals surface area (Å²) in [7, 11) is 0. The number of carbonyl (C=O) groups is 2. The fraction of sp³-hybridized carbons (Fsp3) is 0.579. The third-order valence-electron chi connectivity index (χ3n) is 5.31. The number of nitrogens with one attached hydrogen (secondary N) is 1. The summed E-state index contributed by atoms with van der Waals surface area (Å²) < 4.78 is 0. The first kappa shape index (κ1) is 16.8. The highest BCUT2D eigenvalue weighted by molar-refractivity contribution is 5.75. The summed E-state index contributed by atoms with van der Waals surface area (Å²) in [6.45, 7) is 1.41. The Kier molecular flexibility index (Phi) is 5.38. The highest BCUT2D eigenvalue weighted by Crippen LogP contribution is 2.29. The first-order chi connectivity index (χ1) is 11.6. The molecule has 1 aliphatic heterocycles. The van der Waals surface area contributed by atoms with Gasteiger partial charge >= 0.3 is 6.03 Å². The molecule has 1 saturated heterocycles. The van der Waals surface area contributed by atoms with E-state index in [0.717, 1.165) is 32.1 Å². The fourth-order valence-electron chi connectivity index (χ4n) is 3.94. The Hall–Kier alpha value is -2.04. The van der Waals surface area contributed by atoms with E-state index in [1.807, 2.05) is 4.90 Å². The van der Waals surface area contributed by atoms with E-state index in [1.165, 1.54) is 17.5 Å². The number of nitrogens with two attached hydrogens (primary N) is 1. The number of piperidine rings is 1. The molecule has 1 fully saturated rings. The number of aryl methyl sites for hydroxylation is 1. The summed E-state index contributed by atoms with van der Waals surface area (Å²) in [4.78, 5) is 25.5. The van der Waals surface area contributed by atoms with Gasteiger partial charge in [-0.2, -0.15) is 0 Å². The predicted molar refractivity (Wildman–Crippen MR) is 93.4 cm³/mol. The van der Waals surface area contributed by atoms with Gasteiger partial charge in [0.2, 0.25) is 5.91 Å². The maximum Gasteiger partial charge on any atom is 0.317 e. The minimum atomic E-state index is -0.243. The van der Waals surface area contributed by atoms with Crippen LogP contribution in [-0.4, -0.2) is 29.9 Å². The maximum absolute atomic E-state index is 12.6. The fourth-order valence-corrected chi connectivity index (χ4v) is 3.94. The molecule has 1 aromatic rings. The van der Waals surface area contributed by atoms with Crippen LogP contribution in [0.15, 0.2) is 24.3 Å². The minimum Gasteiger partial charge on any atom is -0.370 e. The number of hydrogen-bond donors (Lipinski definition) is 2. The van der Waals surface area contributed by atoms with Gasteiger partial charge in [-0.05, 0) is 49.1 Å². The number of rotatable bonds is 3. The lowest BCUT2D eigenvalue weighted by Crippen LogP contribution is -2.46. The molecule has 1 heterocycles. The van der Waals surface area contributed by atoms with E-state index in [2.05, 4.69) is 29.6 Å². The molecule has 1 atom stereocenters. The number of nitrogens with zero attached hydrogens (tertiary/aromatic N) is 1. The van der Waals surface area contributed by atoms with Crippen molar-refractivity contribution in [3.8, 4) is 0 Å². The molecule has 3 amide bonds. The number of fused-ring (bicyclic) bond motifs is 1. The zero-order chi connectivity index (χ0) is 16.9. The molecule has 5 heteroatoms. The molecule has 0 radical (unpaired) electrons. The van der Waals surface area contributed by atoms with E-state index in [1.54, 1.807) is 0 Å². The number of benzene rings is 1. The zero-order valence-corrected chi connectivity index (χ0v) is 14.2. The molecule has 1 aliphatic carbocycles. The number of likely N-dealkylation sites (tertiary alicyclic amines) is 1. The molecule has 3 rings (SSSR count). The van der Waals surface area contributed by atoms with Gasteiger partial charge < -0.3 is 16.0 Å². The standard InChI is InChI=1S/C19H27N3O2/c20-18(23)13-14-9-11-22(12-10-14)19(24)21-17-8-4-2-6-15-5-1-3-7-16(15)17/h1,3,5,7,14,17H,2,4,6,8-13H2,(H2,20,23)(H,21,24)/t17-/m0/s1. The van der Waals surface area contributed by atoms with E-state index in [0.29, 0.717) is 25.4 Å². The molecular formula is C19H27N3O2. The second-order valence-electron chi connectivity index (χ2n) is 7.05. The summed E-state index contributed by atoms with van der Waals surface area (Å²) in [5.74, 6) is 0.0816. The van der Waals surface area contributed by atoms with Gasteiger partial charge in [0.1, 0.15) is 0 Å². The topological polar surface area (TPSA) is 75.4 Å². The lowest BCUT2D eigenvalue weighted by molar-refractivity contribution is -0.119. The molecule has 24 heavy (non-hydrogen) atoms. The van der Waals surface area contributed by atoms with E-state index in [4.69, 9.17) is 5.73 Å². The second-order valence-corrected chi connectivity index (χ2v) is 7.05. The Morgan fingerprint density at radius 2 is 1.88 bits per heavy atom. The van der Waals surface area contributed by atoms with Crippen LogP contribution >= 0.6 is 0 Å². The van der Waals surface area contributed by atoms with Crippen LogP contribution in [0.1, 0.15) is 55.7 Å². The van der Waals surface area contributed by atoms with Crippen molar-refractivity contribution >= 4 is 11.9 Å². The monoisotopic (exact) mass is 329 g/mol. The van der Waals surface area contributed by atoms with E-state index >= 15 is 0 Å². The quantitative estimate of drug-likeness (QED) is 0.837. The van der Waals surface area contributed by atoms with Gasteiger partial charge in [0.25, 0.3) is 0 Å². The van der Waals surface area contributed by atoms with Crippen LogP contribution in [-0.2, 0) is 11.2 Å². The van der Waals surface area contributed by atoms with Gasteiger partial charge in [0.05, 0.1) is 6.04 Å². The van der Waals surface area contributed by atoms with Crippen molar-refractivity contribution in [3.05, 3.63) is 35.4 Å². The highest BCUT2D eigenvalue weighted by Gasteiger charge is 2.26. The molecule has 0 bridgehead atoms. The van der Waals surface area contributed by atoms with Crippen LogP contribution in [0, 0.1) is 5.92 Å². The van der Waals surface area contributed by atoms with Crippen molar-refractivity contribution in [3.63, 3.8) is 0 Å². The first-order valence-corrected chi connectivity index (χ1v) is 9.05. The first-order valence-electron chi connectivity index (χ1n) is 9.05. The third kappa shape index (κ3) is 4.08. The summed E-state index contributed by atoms with van der Waals surface area (Å²) in [6, 6.07) is 8.58. The SMILES string of the molecule is NC(=O)CC1CCN(C(=O)N[C@H]2CCCCc3ccccc32)CC1. The number of primary amides is 1. The highest BCUT2D eigenvalue weighted by atomic mass is 16.2. The maximum atomic E-state index is 12.6. The van der Waals surface area contributed by atoms with E-state index < -0.39 is 0 Å². The van der Waals surface area contributed by atoms with Gasteiger partial charge in [-0.3, -0.25) is 4.79 Å². The van der Waals surface area contributed by atoms with Gasteiger partial charge in [0, 0.05) is 19.5 Å². The number of hydrogen-bond acceptors (Lipinski definition) is 2. The van der Waals surface area contributed by atoms with Crippen LogP contribution in [0.2, 0.25) is 0 Å². The van der Waals surface area contributed by atoms with Crippen molar-refractivity contribution in [2.45, 2.75) is 51.0 Å². The van der Waals surface area contributed by atoms with Crippen molar-refractivity contribution < 1.29 is 9.59 Å². The average Bonchev–Trinajstić information content (AvgIpc) is 2.77. The van der Waals surface area contributed by atoms with Crippen LogP contribution in [0.25, 0.3) is 0 Å². The van der Waals surface area contributed by atoms with Gasteiger partial charge in [-0.15, -0.1) is 0 Å². The number of amides is 3. The normalized spacial score (nSPS) is 21.7. The molecule has 2 aliphatic rings. The van der Waals surface area contributed by atoms with Gasteiger partial charge in [0.15, 0.2) is 0 Å². The Morgan fingerprint density at radius 3 is 2.62 bits per heavy atom. The van der Waals surface area contributed by atoms with Crippen molar-refractivity contribution in [1.82, 2.24) is 10.2 Å². The Balaban J connectivity index is 1.58. The molecule has 1 aromatic carbocycles.